The van der Waals surface area contributed by atoms with E-state index < -0.39 is 0 Å². The second-order valence-electron chi connectivity index (χ2n) is 6.83. The molecule has 0 spiro atoms. The molecule has 0 radical (unpaired) electrons. The summed E-state index contributed by atoms with van der Waals surface area (Å²) in [5, 5.41) is 3.54. The molecular weight excluding hydrogens is 410 g/mol. The Morgan fingerprint density at radius 3 is 1.94 bits per heavy atom. The lowest BCUT2D eigenvalue weighted by Crippen LogP contribution is -2.11. The Labute approximate surface area is 186 Å². The minimum Gasteiger partial charge on any atom is -0.489 e. The summed E-state index contributed by atoms with van der Waals surface area (Å²) < 4.78 is 11.5. The summed E-state index contributed by atoms with van der Waals surface area (Å²) in [5.74, 6) is 1.88. The number of carbonyl (C=O) groups is 1. The van der Waals surface area contributed by atoms with Crippen molar-refractivity contribution in [3.05, 3.63) is 119 Å². The fraction of sp³-hybridized carbons (Fsp3) is 0.0385. The van der Waals surface area contributed by atoms with Gasteiger partial charge in [-0.25, -0.2) is 0 Å². The monoisotopic (exact) mass is 429 g/mol. The Balaban J connectivity index is 1.31. The summed E-state index contributed by atoms with van der Waals surface area (Å²) in [4.78, 5) is 12.5. The van der Waals surface area contributed by atoms with Gasteiger partial charge in [0.05, 0.1) is 0 Å². The zero-order valence-electron chi connectivity index (χ0n) is 16.6. The molecule has 0 atom stereocenters. The zero-order chi connectivity index (χ0) is 21.5. The highest BCUT2D eigenvalue weighted by Crippen LogP contribution is 2.24. The van der Waals surface area contributed by atoms with Crippen LogP contribution in [0.5, 0.6) is 17.2 Å². The zero-order valence-corrected chi connectivity index (χ0v) is 17.4. The van der Waals surface area contributed by atoms with Crippen LogP contribution in [0, 0.1) is 0 Å². The van der Waals surface area contributed by atoms with E-state index in [1.165, 1.54) is 0 Å². The number of carbonyl (C=O) groups excluding carboxylic acids is 1. The molecule has 0 aromatic heterocycles. The summed E-state index contributed by atoms with van der Waals surface area (Å²) in [7, 11) is 0. The van der Waals surface area contributed by atoms with Gasteiger partial charge in [-0.3, -0.25) is 4.79 Å². The largest absolute Gasteiger partial charge is 0.489 e. The molecule has 4 aromatic rings. The van der Waals surface area contributed by atoms with Gasteiger partial charge >= 0.3 is 0 Å². The maximum atomic E-state index is 12.5. The van der Waals surface area contributed by atoms with Crippen molar-refractivity contribution in [1.82, 2.24) is 0 Å². The lowest BCUT2D eigenvalue weighted by molar-refractivity contribution is 0.102. The smallest absolute Gasteiger partial charge is 0.255 e. The van der Waals surface area contributed by atoms with E-state index in [0.717, 1.165) is 5.56 Å². The number of benzene rings is 4. The van der Waals surface area contributed by atoms with E-state index in [1.807, 2.05) is 30.3 Å². The summed E-state index contributed by atoms with van der Waals surface area (Å²) in [5.41, 5.74) is 2.32. The summed E-state index contributed by atoms with van der Waals surface area (Å²) >= 11 is 5.88. The Morgan fingerprint density at radius 2 is 1.29 bits per heavy atom. The standard InChI is InChI=1S/C26H20ClNO3/c27-21-8-14-24(15-9-21)31-25-16-10-22(11-17-25)28-26(29)20-6-12-23(13-7-20)30-18-19-4-2-1-3-5-19/h1-17H,18H2,(H,28,29). The predicted molar refractivity (Wildman–Crippen MR) is 123 cm³/mol. The number of hydrogen-bond donors (Lipinski definition) is 1. The van der Waals surface area contributed by atoms with Gasteiger partial charge in [0.1, 0.15) is 23.9 Å². The molecule has 0 fully saturated rings. The average molecular weight is 430 g/mol. The van der Waals surface area contributed by atoms with Gasteiger partial charge in [-0.15, -0.1) is 0 Å². The minimum absolute atomic E-state index is 0.194. The number of hydrogen-bond acceptors (Lipinski definition) is 3. The van der Waals surface area contributed by atoms with Crippen molar-refractivity contribution in [2.45, 2.75) is 6.61 Å². The predicted octanol–water partition coefficient (Wildman–Crippen LogP) is 6.96. The van der Waals surface area contributed by atoms with Crippen molar-refractivity contribution in [1.29, 1.82) is 0 Å². The Kier molecular flexibility index (Phi) is 6.50. The molecule has 0 aliphatic carbocycles. The quantitative estimate of drug-likeness (QED) is 0.345. The normalized spacial score (nSPS) is 10.4. The second-order valence-corrected chi connectivity index (χ2v) is 7.27. The fourth-order valence-corrected chi connectivity index (χ4v) is 3.02. The van der Waals surface area contributed by atoms with Gasteiger partial charge in [-0.05, 0) is 78.4 Å². The SMILES string of the molecule is O=C(Nc1ccc(Oc2ccc(Cl)cc2)cc1)c1ccc(OCc2ccccc2)cc1. The van der Waals surface area contributed by atoms with Crippen LogP contribution in [0.3, 0.4) is 0 Å². The van der Waals surface area contributed by atoms with E-state index >= 15 is 0 Å². The third-order valence-corrected chi connectivity index (χ3v) is 4.78. The highest BCUT2D eigenvalue weighted by molar-refractivity contribution is 6.30. The van der Waals surface area contributed by atoms with Gasteiger partial charge in [-0.2, -0.15) is 0 Å². The number of amides is 1. The molecule has 4 rings (SSSR count). The molecule has 31 heavy (non-hydrogen) atoms. The molecule has 4 nitrogen and oxygen atoms in total. The first kappa shape index (κ1) is 20.5. The van der Waals surface area contributed by atoms with Crippen LogP contribution in [0.1, 0.15) is 15.9 Å². The molecular formula is C26H20ClNO3. The molecule has 1 amide bonds. The molecule has 4 aromatic carbocycles. The third kappa shape index (κ3) is 5.87. The molecule has 0 heterocycles. The molecule has 5 heteroatoms. The van der Waals surface area contributed by atoms with Crippen molar-refractivity contribution in [3.8, 4) is 17.2 Å². The third-order valence-electron chi connectivity index (χ3n) is 4.53. The van der Waals surface area contributed by atoms with Gasteiger partial charge < -0.3 is 14.8 Å². The van der Waals surface area contributed by atoms with E-state index in [-0.39, 0.29) is 5.91 Å². The Bertz CT molecular complexity index is 1130. The molecule has 0 aliphatic heterocycles. The summed E-state index contributed by atoms with van der Waals surface area (Å²) in [6, 6.07) is 31.3. The van der Waals surface area contributed by atoms with Crippen molar-refractivity contribution >= 4 is 23.2 Å². The highest BCUT2D eigenvalue weighted by Gasteiger charge is 2.07. The van der Waals surface area contributed by atoms with Gasteiger partial charge in [0.2, 0.25) is 0 Å². The molecule has 1 N–H and O–H groups in total. The van der Waals surface area contributed by atoms with Gasteiger partial charge in [-0.1, -0.05) is 41.9 Å². The topological polar surface area (TPSA) is 47.6 Å². The van der Waals surface area contributed by atoms with Crippen molar-refractivity contribution in [2.75, 3.05) is 5.32 Å². The maximum Gasteiger partial charge on any atom is 0.255 e. The first-order chi connectivity index (χ1) is 15.2. The van der Waals surface area contributed by atoms with Gasteiger partial charge in [0, 0.05) is 16.3 Å². The maximum absolute atomic E-state index is 12.5. The number of ether oxygens (including phenoxy) is 2. The van der Waals surface area contributed by atoms with Gasteiger partial charge in [0.15, 0.2) is 0 Å². The van der Waals surface area contributed by atoms with Crippen molar-refractivity contribution in [3.63, 3.8) is 0 Å². The van der Waals surface area contributed by atoms with Gasteiger partial charge in [0.25, 0.3) is 5.91 Å². The van der Waals surface area contributed by atoms with Crippen LogP contribution < -0.4 is 14.8 Å². The van der Waals surface area contributed by atoms with E-state index in [2.05, 4.69) is 5.32 Å². The Hall–Kier alpha value is -3.76. The lowest BCUT2D eigenvalue weighted by atomic mass is 10.2. The van der Waals surface area contributed by atoms with Crippen molar-refractivity contribution in [2.24, 2.45) is 0 Å². The average Bonchev–Trinajstić information content (AvgIpc) is 2.81. The van der Waals surface area contributed by atoms with Crippen molar-refractivity contribution < 1.29 is 14.3 Å². The molecule has 0 unspecified atom stereocenters. The van der Waals surface area contributed by atoms with Crippen LogP contribution in [0.25, 0.3) is 0 Å². The second kappa shape index (κ2) is 9.83. The molecule has 154 valence electrons. The van der Waals surface area contributed by atoms with E-state index in [0.29, 0.717) is 40.1 Å². The first-order valence-electron chi connectivity index (χ1n) is 9.77. The fourth-order valence-electron chi connectivity index (χ4n) is 2.89. The number of halogens is 1. The number of nitrogens with one attached hydrogen (secondary N) is 1. The summed E-state index contributed by atoms with van der Waals surface area (Å²) in [6.07, 6.45) is 0. The first-order valence-corrected chi connectivity index (χ1v) is 10.2. The van der Waals surface area contributed by atoms with E-state index in [9.17, 15) is 4.79 Å². The van der Waals surface area contributed by atoms with Crippen LogP contribution in [0.4, 0.5) is 5.69 Å². The molecule has 0 aliphatic rings. The minimum atomic E-state index is -0.194. The molecule has 0 saturated carbocycles. The van der Waals surface area contributed by atoms with E-state index in [1.54, 1.807) is 72.8 Å². The highest BCUT2D eigenvalue weighted by atomic mass is 35.5. The van der Waals surface area contributed by atoms with Crippen LogP contribution in [0.15, 0.2) is 103 Å². The number of rotatable bonds is 7. The van der Waals surface area contributed by atoms with Crippen LogP contribution in [-0.4, -0.2) is 5.91 Å². The Morgan fingerprint density at radius 1 is 0.710 bits per heavy atom. The van der Waals surface area contributed by atoms with Crippen LogP contribution in [0.2, 0.25) is 5.02 Å². The number of anilines is 1. The van der Waals surface area contributed by atoms with Crippen LogP contribution >= 0.6 is 11.6 Å². The van der Waals surface area contributed by atoms with E-state index in [4.69, 9.17) is 21.1 Å². The molecule has 0 saturated heterocycles. The van der Waals surface area contributed by atoms with Crippen LogP contribution in [-0.2, 0) is 6.61 Å². The molecule has 0 bridgehead atoms. The lowest BCUT2D eigenvalue weighted by Gasteiger charge is -2.09. The summed E-state index contributed by atoms with van der Waals surface area (Å²) in [6.45, 7) is 0.483.